The van der Waals surface area contributed by atoms with E-state index in [4.69, 9.17) is 10.3 Å². The number of rotatable bonds is 5. The van der Waals surface area contributed by atoms with Crippen LogP contribution in [-0.2, 0) is 6.54 Å². The van der Waals surface area contributed by atoms with Gasteiger partial charge in [0.1, 0.15) is 0 Å². The lowest BCUT2D eigenvalue weighted by Gasteiger charge is -2.09. The lowest BCUT2D eigenvalue weighted by molar-refractivity contribution is 0.0949. The Morgan fingerprint density at radius 2 is 2.00 bits per heavy atom. The first-order valence-electron chi connectivity index (χ1n) is 7.83. The first-order valence-corrected chi connectivity index (χ1v) is 7.83. The minimum absolute atomic E-state index is 0.107. The molecule has 3 aromatic rings. The van der Waals surface area contributed by atoms with Crippen LogP contribution in [0.15, 0.2) is 41.1 Å². The van der Waals surface area contributed by atoms with E-state index >= 15 is 0 Å². The maximum atomic E-state index is 12.5. The molecule has 8 nitrogen and oxygen atoms in total. The van der Waals surface area contributed by atoms with Gasteiger partial charge >= 0.3 is 0 Å². The smallest absolute Gasteiger partial charge is 0.255 e. The van der Waals surface area contributed by atoms with Crippen LogP contribution in [0.4, 0.5) is 5.95 Å². The van der Waals surface area contributed by atoms with Crippen molar-refractivity contribution in [2.24, 2.45) is 0 Å². The van der Waals surface area contributed by atoms with E-state index in [0.29, 0.717) is 23.0 Å². The normalized spacial score (nSPS) is 10.8. The van der Waals surface area contributed by atoms with Crippen molar-refractivity contribution in [3.63, 3.8) is 0 Å². The third-order valence-electron chi connectivity index (χ3n) is 3.48. The summed E-state index contributed by atoms with van der Waals surface area (Å²) in [6.07, 6.45) is 1.41. The Kier molecular flexibility index (Phi) is 4.69. The molecule has 0 aliphatic carbocycles. The number of nitrogen functional groups attached to an aromatic ring is 1. The Balaban J connectivity index is 1.80. The molecule has 0 saturated heterocycles. The molecule has 3 N–H and O–H groups in total. The van der Waals surface area contributed by atoms with Crippen molar-refractivity contribution < 1.29 is 9.32 Å². The Labute approximate surface area is 144 Å². The molecular formula is C17H18N6O2. The van der Waals surface area contributed by atoms with Crippen LogP contribution in [0.3, 0.4) is 0 Å². The van der Waals surface area contributed by atoms with Gasteiger partial charge in [0.2, 0.25) is 11.8 Å². The fourth-order valence-corrected chi connectivity index (χ4v) is 2.21. The molecule has 0 aliphatic rings. The van der Waals surface area contributed by atoms with Gasteiger partial charge in [0.15, 0.2) is 5.82 Å². The number of carbonyl (C=O) groups excluding carboxylic acids is 1. The van der Waals surface area contributed by atoms with Crippen LogP contribution in [-0.4, -0.2) is 26.0 Å². The van der Waals surface area contributed by atoms with Crippen LogP contribution in [0.2, 0.25) is 0 Å². The maximum absolute atomic E-state index is 12.5. The number of nitrogens with two attached hydrogens (primary N) is 1. The Morgan fingerprint density at radius 3 is 2.68 bits per heavy atom. The van der Waals surface area contributed by atoms with Crippen LogP contribution in [0.25, 0.3) is 11.3 Å². The highest BCUT2D eigenvalue weighted by Gasteiger charge is 2.17. The Hall–Kier alpha value is -3.29. The summed E-state index contributed by atoms with van der Waals surface area (Å²) in [5, 5.41) is 6.60. The highest BCUT2D eigenvalue weighted by molar-refractivity contribution is 5.99. The van der Waals surface area contributed by atoms with Crippen molar-refractivity contribution in [1.29, 1.82) is 0 Å². The largest absolute Gasteiger partial charge is 0.368 e. The summed E-state index contributed by atoms with van der Waals surface area (Å²) >= 11 is 0. The molecule has 128 valence electrons. The van der Waals surface area contributed by atoms with E-state index in [-0.39, 0.29) is 24.3 Å². The van der Waals surface area contributed by atoms with E-state index in [1.807, 2.05) is 44.2 Å². The third kappa shape index (κ3) is 3.79. The zero-order chi connectivity index (χ0) is 17.8. The summed E-state index contributed by atoms with van der Waals surface area (Å²) in [4.78, 5) is 24.9. The Morgan fingerprint density at radius 1 is 1.24 bits per heavy atom. The number of hydrogen-bond acceptors (Lipinski definition) is 7. The van der Waals surface area contributed by atoms with Crippen molar-refractivity contribution in [1.82, 2.24) is 25.4 Å². The minimum Gasteiger partial charge on any atom is -0.368 e. The lowest BCUT2D eigenvalue weighted by Crippen LogP contribution is -2.24. The van der Waals surface area contributed by atoms with Gasteiger partial charge in [0.25, 0.3) is 5.91 Å². The second kappa shape index (κ2) is 7.08. The minimum atomic E-state index is -0.338. The van der Waals surface area contributed by atoms with Gasteiger partial charge in [-0.15, -0.1) is 0 Å². The van der Waals surface area contributed by atoms with Gasteiger partial charge in [0, 0.05) is 17.7 Å². The summed E-state index contributed by atoms with van der Waals surface area (Å²) in [7, 11) is 0. The van der Waals surface area contributed by atoms with Crippen molar-refractivity contribution in [2.45, 2.75) is 26.3 Å². The van der Waals surface area contributed by atoms with Gasteiger partial charge in [-0.2, -0.15) is 4.98 Å². The number of carbonyl (C=O) groups is 1. The van der Waals surface area contributed by atoms with Crippen molar-refractivity contribution in [2.75, 3.05) is 5.73 Å². The van der Waals surface area contributed by atoms with Crippen LogP contribution in [0, 0.1) is 0 Å². The first-order chi connectivity index (χ1) is 12.0. The highest BCUT2D eigenvalue weighted by atomic mass is 16.5. The SMILES string of the molecule is CC(C)c1nc(CNC(=O)c2cnc(N)nc2-c2ccccc2)no1. The predicted molar refractivity (Wildman–Crippen MR) is 91.4 cm³/mol. The standard InChI is InChI=1S/C17H18N6O2/c1-10(2)16-21-13(23-25-16)9-19-15(24)12-8-20-17(18)22-14(12)11-6-4-3-5-7-11/h3-8,10H,9H2,1-2H3,(H,19,24)(H2,18,20,22). The van der Waals surface area contributed by atoms with E-state index in [9.17, 15) is 4.79 Å². The number of nitrogens with one attached hydrogen (secondary N) is 1. The summed E-state index contributed by atoms with van der Waals surface area (Å²) in [6, 6.07) is 9.32. The molecule has 1 amide bonds. The summed E-state index contributed by atoms with van der Waals surface area (Å²) in [5.74, 6) is 0.844. The predicted octanol–water partition coefficient (Wildman–Crippen LogP) is 2.16. The van der Waals surface area contributed by atoms with Gasteiger partial charge in [-0.3, -0.25) is 4.79 Å². The molecule has 0 bridgehead atoms. The topological polar surface area (TPSA) is 120 Å². The van der Waals surface area contributed by atoms with E-state index in [0.717, 1.165) is 5.56 Å². The van der Waals surface area contributed by atoms with Crippen LogP contribution < -0.4 is 11.1 Å². The molecule has 2 heterocycles. The molecule has 0 fully saturated rings. The molecule has 0 atom stereocenters. The monoisotopic (exact) mass is 338 g/mol. The molecule has 8 heteroatoms. The highest BCUT2D eigenvalue weighted by Crippen LogP contribution is 2.21. The number of nitrogens with zero attached hydrogens (tertiary/aromatic N) is 4. The molecule has 3 rings (SSSR count). The third-order valence-corrected chi connectivity index (χ3v) is 3.48. The molecule has 1 aromatic carbocycles. The number of hydrogen-bond donors (Lipinski definition) is 2. The second-order valence-electron chi connectivity index (χ2n) is 5.74. The second-order valence-corrected chi connectivity index (χ2v) is 5.74. The molecule has 0 aliphatic heterocycles. The fourth-order valence-electron chi connectivity index (χ4n) is 2.21. The van der Waals surface area contributed by atoms with Crippen molar-refractivity contribution >= 4 is 11.9 Å². The summed E-state index contributed by atoms with van der Waals surface area (Å²) < 4.78 is 5.12. The molecule has 0 unspecified atom stereocenters. The van der Waals surface area contributed by atoms with Gasteiger partial charge in [-0.1, -0.05) is 49.3 Å². The van der Waals surface area contributed by atoms with E-state index in [1.165, 1.54) is 6.20 Å². The van der Waals surface area contributed by atoms with Crippen LogP contribution in [0.1, 0.15) is 41.8 Å². The summed E-state index contributed by atoms with van der Waals surface area (Å²) in [6.45, 7) is 4.05. The zero-order valence-corrected chi connectivity index (χ0v) is 13.9. The van der Waals surface area contributed by atoms with E-state index < -0.39 is 0 Å². The Bertz CT molecular complexity index is 876. The quantitative estimate of drug-likeness (QED) is 0.731. The van der Waals surface area contributed by atoms with Gasteiger partial charge in [-0.25, -0.2) is 9.97 Å². The van der Waals surface area contributed by atoms with Gasteiger partial charge < -0.3 is 15.6 Å². The zero-order valence-electron chi connectivity index (χ0n) is 13.9. The molecule has 2 aromatic heterocycles. The van der Waals surface area contributed by atoms with E-state index in [2.05, 4.69) is 25.4 Å². The molecular weight excluding hydrogens is 320 g/mol. The summed E-state index contributed by atoms with van der Waals surface area (Å²) in [5.41, 5.74) is 7.26. The maximum Gasteiger partial charge on any atom is 0.255 e. The molecule has 0 radical (unpaired) electrons. The number of anilines is 1. The number of amides is 1. The van der Waals surface area contributed by atoms with Gasteiger partial charge in [-0.05, 0) is 0 Å². The lowest BCUT2D eigenvalue weighted by atomic mass is 10.1. The average Bonchev–Trinajstić information content (AvgIpc) is 3.10. The first kappa shape index (κ1) is 16.6. The van der Waals surface area contributed by atoms with Crippen LogP contribution in [0.5, 0.6) is 0 Å². The molecule has 0 saturated carbocycles. The number of benzene rings is 1. The van der Waals surface area contributed by atoms with Crippen LogP contribution >= 0.6 is 0 Å². The average molecular weight is 338 g/mol. The molecule has 25 heavy (non-hydrogen) atoms. The number of aromatic nitrogens is 4. The van der Waals surface area contributed by atoms with Gasteiger partial charge in [0.05, 0.1) is 17.8 Å². The van der Waals surface area contributed by atoms with E-state index in [1.54, 1.807) is 0 Å². The molecule has 0 spiro atoms. The fraction of sp³-hybridized carbons (Fsp3) is 0.235. The van der Waals surface area contributed by atoms with Crippen molar-refractivity contribution in [3.05, 3.63) is 53.8 Å². The van der Waals surface area contributed by atoms with Crippen molar-refractivity contribution in [3.8, 4) is 11.3 Å².